The van der Waals surface area contributed by atoms with E-state index in [2.05, 4.69) is 9.97 Å². The highest BCUT2D eigenvalue weighted by atomic mass is 16.5. The maximum absolute atomic E-state index is 12.8. The highest BCUT2D eigenvalue weighted by Gasteiger charge is 2.19. The first-order valence-electron chi connectivity index (χ1n) is 9.15. The molecule has 2 heterocycles. The van der Waals surface area contributed by atoms with Gasteiger partial charge in [-0.25, -0.2) is 9.78 Å². The topological polar surface area (TPSA) is 111 Å². The van der Waals surface area contributed by atoms with Gasteiger partial charge in [-0.15, -0.1) is 0 Å². The molecule has 0 fully saturated rings. The second-order valence-electron chi connectivity index (χ2n) is 6.40. The number of phenolic OH excluding ortho intramolecular Hbond substituents is 1. The Hall–Kier alpha value is -3.23. The molecular formula is C19H24N4O5. The van der Waals surface area contributed by atoms with Gasteiger partial charge in [0.2, 0.25) is 5.75 Å². The number of aromatic hydroxyl groups is 1. The minimum atomic E-state index is -0.398. The average molecular weight is 388 g/mol. The number of H-pyrrole nitrogens is 1. The Balaban J connectivity index is 2.31. The molecule has 1 aromatic carbocycles. The minimum absolute atomic E-state index is 0.127. The van der Waals surface area contributed by atoms with Crippen molar-refractivity contribution in [1.82, 2.24) is 19.1 Å². The molecule has 0 aliphatic carbocycles. The van der Waals surface area contributed by atoms with Gasteiger partial charge in [-0.05, 0) is 25.0 Å². The first-order valence-corrected chi connectivity index (χ1v) is 9.15. The Bertz CT molecular complexity index is 1100. The van der Waals surface area contributed by atoms with Gasteiger partial charge in [-0.2, -0.15) is 0 Å². The molecule has 0 radical (unpaired) electrons. The Morgan fingerprint density at radius 2 is 1.61 bits per heavy atom. The van der Waals surface area contributed by atoms with Crippen molar-refractivity contribution in [1.29, 1.82) is 0 Å². The first kappa shape index (κ1) is 19.5. The fraction of sp³-hybridized carbons (Fsp3) is 0.421. The van der Waals surface area contributed by atoms with E-state index in [4.69, 9.17) is 9.47 Å². The number of nitrogens with one attached hydrogen (secondary N) is 1. The lowest BCUT2D eigenvalue weighted by Crippen LogP contribution is -2.40. The highest BCUT2D eigenvalue weighted by Crippen LogP contribution is 2.39. The molecule has 0 spiro atoms. The van der Waals surface area contributed by atoms with Crippen LogP contribution in [0.3, 0.4) is 0 Å². The number of benzene rings is 1. The zero-order chi connectivity index (χ0) is 20.4. The predicted molar refractivity (Wildman–Crippen MR) is 105 cm³/mol. The Morgan fingerprint density at radius 3 is 2.14 bits per heavy atom. The molecule has 3 rings (SSSR count). The van der Waals surface area contributed by atoms with E-state index in [1.165, 1.54) is 23.4 Å². The zero-order valence-electron chi connectivity index (χ0n) is 16.4. The third-order valence-electron chi connectivity index (χ3n) is 4.51. The van der Waals surface area contributed by atoms with Crippen LogP contribution in [-0.2, 0) is 13.1 Å². The number of aromatic amines is 1. The summed E-state index contributed by atoms with van der Waals surface area (Å²) in [6.45, 7) is 4.66. The molecular weight excluding hydrogens is 364 g/mol. The molecule has 0 unspecified atom stereocenters. The summed E-state index contributed by atoms with van der Waals surface area (Å²) in [5.41, 5.74) is 0.373. The van der Waals surface area contributed by atoms with E-state index in [-0.39, 0.29) is 28.5 Å². The van der Waals surface area contributed by atoms with Crippen molar-refractivity contribution in [3.8, 4) is 28.6 Å². The molecule has 2 aromatic heterocycles. The Kier molecular flexibility index (Phi) is 5.43. The number of hydrogen-bond acceptors (Lipinski definition) is 6. The molecule has 0 aliphatic rings. The van der Waals surface area contributed by atoms with Crippen LogP contribution in [0.1, 0.15) is 26.7 Å². The smallest absolute Gasteiger partial charge is 0.332 e. The summed E-state index contributed by atoms with van der Waals surface area (Å²) in [7, 11) is 2.86. The van der Waals surface area contributed by atoms with Crippen LogP contribution in [0.4, 0.5) is 0 Å². The molecule has 0 saturated carbocycles. The molecule has 2 N–H and O–H groups in total. The third kappa shape index (κ3) is 3.12. The van der Waals surface area contributed by atoms with Crippen molar-refractivity contribution < 1.29 is 14.6 Å². The van der Waals surface area contributed by atoms with E-state index < -0.39 is 5.56 Å². The van der Waals surface area contributed by atoms with Crippen LogP contribution in [0.25, 0.3) is 22.6 Å². The van der Waals surface area contributed by atoms with Crippen molar-refractivity contribution >= 4 is 11.2 Å². The molecule has 0 atom stereocenters. The van der Waals surface area contributed by atoms with Crippen molar-refractivity contribution in [3.63, 3.8) is 0 Å². The lowest BCUT2D eigenvalue weighted by molar-refractivity contribution is 0.340. The Labute approximate surface area is 161 Å². The lowest BCUT2D eigenvalue weighted by atomic mass is 10.1. The number of phenols is 1. The molecule has 3 aromatic rings. The van der Waals surface area contributed by atoms with Crippen LogP contribution in [0.5, 0.6) is 17.2 Å². The van der Waals surface area contributed by atoms with Crippen LogP contribution in [0.2, 0.25) is 0 Å². The molecule has 9 heteroatoms. The van der Waals surface area contributed by atoms with Gasteiger partial charge in [0.05, 0.1) is 14.2 Å². The number of nitrogens with zero attached hydrogens (tertiary/aromatic N) is 3. The van der Waals surface area contributed by atoms with E-state index in [0.29, 0.717) is 36.5 Å². The summed E-state index contributed by atoms with van der Waals surface area (Å²) >= 11 is 0. The van der Waals surface area contributed by atoms with Crippen LogP contribution in [0, 0.1) is 0 Å². The number of aromatic nitrogens is 4. The van der Waals surface area contributed by atoms with E-state index in [9.17, 15) is 14.7 Å². The SMILES string of the molecule is CCCn1c(=O)c2[nH]c(-c3cc(OC)c(O)c(OC)c3)nc2n(CCC)c1=O. The summed E-state index contributed by atoms with van der Waals surface area (Å²) in [5.74, 6) is 0.675. The van der Waals surface area contributed by atoms with Crippen LogP contribution in [-0.4, -0.2) is 38.4 Å². The highest BCUT2D eigenvalue weighted by molar-refractivity contribution is 5.77. The van der Waals surface area contributed by atoms with Crippen LogP contribution in [0.15, 0.2) is 21.7 Å². The second kappa shape index (κ2) is 7.79. The van der Waals surface area contributed by atoms with Gasteiger partial charge in [0.15, 0.2) is 17.1 Å². The van der Waals surface area contributed by atoms with Gasteiger partial charge in [0, 0.05) is 18.7 Å². The zero-order valence-corrected chi connectivity index (χ0v) is 16.4. The van der Waals surface area contributed by atoms with E-state index in [1.54, 1.807) is 12.1 Å². The number of fused-ring (bicyclic) bond motifs is 1. The van der Waals surface area contributed by atoms with Crippen LogP contribution < -0.4 is 20.7 Å². The quantitative estimate of drug-likeness (QED) is 0.641. The molecule has 9 nitrogen and oxygen atoms in total. The number of aryl methyl sites for hydroxylation is 1. The van der Waals surface area contributed by atoms with Crippen molar-refractivity contribution in [3.05, 3.63) is 33.0 Å². The molecule has 150 valence electrons. The summed E-state index contributed by atoms with van der Waals surface area (Å²) in [5, 5.41) is 10.1. The monoisotopic (exact) mass is 388 g/mol. The average Bonchev–Trinajstić information content (AvgIpc) is 3.14. The first-order chi connectivity index (χ1) is 13.5. The number of imidazole rings is 1. The van der Waals surface area contributed by atoms with Crippen molar-refractivity contribution in [2.24, 2.45) is 0 Å². The van der Waals surface area contributed by atoms with Gasteiger partial charge in [0.25, 0.3) is 5.56 Å². The number of hydrogen-bond donors (Lipinski definition) is 2. The van der Waals surface area contributed by atoms with Crippen LogP contribution >= 0.6 is 0 Å². The summed E-state index contributed by atoms with van der Waals surface area (Å²) in [6, 6.07) is 3.17. The molecule has 0 amide bonds. The predicted octanol–water partition coefficient (Wildman–Crippen LogP) is 2.10. The largest absolute Gasteiger partial charge is 0.502 e. The summed E-state index contributed by atoms with van der Waals surface area (Å²) < 4.78 is 13.1. The molecule has 0 aliphatic heterocycles. The molecule has 28 heavy (non-hydrogen) atoms. The lowest BCUT2D eigenvalue weighted by Gasteiger charge is -2.10. The van der Waals surface area contributed by atoms with E-state index in [0.717, 1.165) is 6.42 Å². The maximum atomic E-state index is 12.8. The van der Waals surface area contributed by atoms with Gasteiger partial charge >= 0.3 is 5.69 Å². The van der Waals surface area contributed by atoms with Gasteiger partial charge in [-0.1, -0.05) is 13.8 Å². The van der Waals surface area contributed by atoms with Gasteiger partial charge in [-0.3, -0.25) is 13.9 Å². The standard InChI is InChI=1S/C19H24N4O5/c1-5-7-22-17-14(18(25)23(8-6-2)19(22)26)20-16(21-17)11-9-12(27-3)15(24)13(10-11)28-4/h9-10,24H,5-8H2,1-4H3,(H,20,21). The van der Waals surface area contributed by atoms with Gasteiger partial charge in [0.1, 0.15) is 11.3 Å². The second-order valence-corrected chi connectivity index (χ2v) is 6.40. The van der Waals surface area contributed by atoms with E-state index >= 15 is 0 Å². The summed E-state index contributed by atoms with van der Waals surface area (Å²) in [6.07, 6.45) is 1.39. The van der Waals surface area contributed by atoms with Crippen molar-refractivity contribution in [2.75, 3.05) is 14.2 Å². The fourth-order valence-corrected chi connectivity index (χ4v) is 3.18. The molecule has 0 bridgehead atoms. The maximum Gasteiger partial charge on any atom is 0.332 e. The third-order valence-corrected chi connectivity index (χ3v) is 4.51. The Morgan fingerprint density at radius 1 is 1.04 bits per heavy atom. The fourth-order valence-electron chi connectivity index (χ4n) is 3.18. The number of ether oxygens (including phenoxy) is 2. The van der Waals surface area contributed by atoms with Crippen molar-refractivity contribution in [2.45, 2.75) is 39.8 Å². The number of rotatable bonds is 7. The minimum Gasteiger partial charge on any atom is -0.502 e. The summed E-state index contributed by atoms with van der Waals surface area (Å²) in [4.78, 5) is 33.1. The molecule has 0 saturated heterocycles. The van der Waals surface area contributed by atoms with Gasteiger partial charge < -0.3 is 19.6 Å². The number of methoxy groups -OCH3 is 2. The van der Waals surface area contributed by atoms with E-state index in [1.807, 2.05) is 13.8 Å². The normalized spacial score (nSPS) is 11.1.